The molecule has 0 amide bonds. The zero-order valence-electron chi connectivity index (χ0n) is 9.95. The fourth-order valence-electron chi connectivity index (χ4n) is 2.64. The van der Waals surface area contributed by atoms with Crippen LogP contribution in [0.5, 0.6) is 0 Å². The molecule has 0 aromatic rings. The molecule has 0 bridgehead atoms. The van der Waals surface area contributed by atoms with Crippen molar-refractivity contribution < 1.29 is 5.11 Å². The molecule has 0 unspecified atom stereocenters. The Bertz CT molecular complexity index is 194. The minimum atomic E-state index is -0.0294. The molecule has 0 radical (unpaired) electrons. The van der Waals surface area contributed by atoms with Crippen LogP contribution in [0.15, 0.2) is 0 Å². The number of aliphatic hydroxyl groups is 1. The van der Waals surface area contributed by atoms with E-state index in [9.17, 15) is 5.11 Å². The van der Waals surface area contributed by atoms with Crippen LogP contribution >= 0.6 is 0 Å². The van der Waals surface area contributed by atoms with Gasteiger partial charge in [0.05, 0.1) is 6.10 Å². The summed E-state index contributed by atoms with van der Waals surface area (Å²) in [5, 5.41) is 12.9. The van der Waals surface area contributed by atoms with Gasteiger partial charge in [0.15, 0.2) is 0 Å². The summed E-state index contributed by atoms with van der Waals surface area (Å²) in [5.41, 5.74) is 0. The molecule has 1 saturated carbocycles. The highest BCUT2D eigenvalue weighted by molar-refractivity contribution is 4.89. The van der Waals surface area contributed by atoms with E-state index in [-0.39, 0.29) is 6.10 Å². The van der Waals surface area contributed by atoms with E-state index in [4.69, 9.17) is 0 Å². The summed E-state index contributed by atoms with van der Waals surface area (Å²) in [6.45, 7) is 7.00. The van der Waals surface area contributed by atoms with Crippen molar-refractivity contribution >= 4 is 0 Å². The van der Waals surface area contributed by atoms with Gasteiger partial charge in [-0.05, 0) is 52.6 Å². The molecular weight excluding hydrogens is 188 g/mol. The quantitative estimate of drug-likeness (QED) is 0.732. The molecule has 3 nitrogen and oxygen atoms in total. The van der Waals surface area contributed by atoms with Gasteiger partial charge >= 0.3 is 0 Å². The van der Waals surface area contributed by atoms with Gasteiger partial charge in [0.25, 0.3) is 0 Å². The van der Waals surface area contributed by atoms with Crippen LogP contribution in [0.2, 0.25) is 0 Å². The summed E-state index contributed by atoms with van der Waals surface area (Å²) in [6.07, 6.45) is 4.43. The van der Waals surface area contributed by atoms with Gasteiger partial charge in [-0.2, -0.15) is 0 Å². The minimum Gasteiger partial charge on any atom is -0.393 e. The molecule has 0 aromatic carbocycles. The van der Waals surface area contributed by atoms with E-state index >= 15 is 0 Å². The summed E-state index contributed by atoms with van der Waals surface area (Å²) < 4.78 is 0. The number of aliphatic hydroxyl groups excluding tert-OH is 1. The van der Waals surface area contributed by atoms with Gasteiger partial charge in [-0.25, -0.2) is 0 Å². The van der Waals surface area contributed by atoms with Crippen molar-refractivity contribution in [1.29, 1.82) is 0 Å². The Kier molecular flexibility index (Phi) is 3.65. The van der Waals surface area contributed by atoms with Crippen molar-refractivity contribution in [2.45, 2.75) is 63.8 Å². The molecule has 2 N–H and O–H groups in total. The van der Waals surface area contributed by atoms with Crippen molar-refractivity contribution in [2.75, 3.05) is 13.1 Å². The van der Waals surface area contributed by atoms with Gasteiger partial charge in [-0.3, -0.25) is 0 Å². The third-order valence-corrected chi connectivity index (χ3v) is 3.84. The highest BCUT2D eigenvalue weighted by atomic mass is 16.3. The molecule has 1 aliphatic carbocycles. The van der Waals surface area contributed by atoms with Crippen LogP contribution in [-0.4, -0.2) is 47.3 Å². The summed E-state index contributed by atoms with van der Waals surface area (Å²) in [6, 6.07) is 1.98. The molecule has 0 atom stereocenters. The van der Waals surface area contributed by atoms with E-state index in [1.165, 1.54) is 25.9 Å². The van der Waals surface area contributed by atoms with E-state index in [2.05, 4.69) is 24.1 Å². The van der Waals surface area contributed by atoms with Crippen molar-refractivity contribution in [1.82, 2.24) is 10.2 Å². The predicted molar refractivity (Wildman–Crippen MR) is 61.9 cm³/mol. The summed E-state index contributed by atoms with van der Waals surface area (Å²) in [5.74, 6) is 0. The Balaban J connectivity index is 1.65. The van der Waals surface area contributed by atoms with Crippen molar-refractivity contribution in [3.8, 4) is 0 Å². The first-order chi connectivity index (χ1) is 7.15. The normalized spacial score (nSPS) is 34.4. The van der Waals surface area contributed by atoms with E-state index in [0.717, 1.165) is 12.8 Å². The second-order valence-electron chi connectivity index (χ2n) is 5.39. The predicted octanol–water partition coefficient (Wildman–Crippen LogP) is 0.972. The molecule has 2 rings (SSSR count). The minimum absolute atomic E-state index is 0.0294. The Morgan fingerprint density at radius 3 is 2.20 bits per heavy atom. The van der Waals surface area contributed by atoms with Gasteiger partial charge in [0, 0.05) is 18.1 Å². The first kappa shape index (κ1) is 11.4. The maximum Gasteiger partial charge on any atom is 0.0570 e. The highest BCUT2D eigenvalue weighted by Gasteiger charge is 2.30. The smallest absolute Gasteiger partial charge is 0.0570 e. The SMILES string of the molecule is CC(C)N1CCC(NC2CC(O)C2)CC1. The molecule has 0 spiro atoms. The lowest BCUT2D eigenvalue weighted by atomic mass is 9.88. The lowest BCUT2D eigenvalue weighted by Crippen LogP contribution is -2.52. The third-order valence-electron chi connectivity index (χ3n) is 3.84. The van der Waals surface area contributed by atoms with E-state index in [0.29, 0.717) is 18.1 Å². The van der Waals surface area contributed by atoms with Crippen LogP contribution in [-0.2, 0) is 0 Å². The van der Waals surface area contributed by atoms with Crippen molar-refractivity contribution in [3.05, 3.63) is 0 Å². The first-order valence-corrected chi connectivity index (χ1v) is 6.33. The fraction of sp³-hybridized carbons (Fsp3) is 1.00. The lowest BCUT2D eigenvalue weighted by molar-refractivity contribution is 0.0507. The number of rotatable bonds is 3. The number of hydrogen-bond donors (Lipinski definition) is 2. The largest absolute Gasteiger partial charge is 0.393 e. The second kappa shape index (κ2) is 4.81. The molecule has 1 aliphatic heterocycles. The molecule has 0 aromatic heterocycles. The maximum atomic E-state index is 9.21. The second-order valence-corrected chi connectivity index (χ2v) is 5.39. The number of nitrogens with zero attached hydrogens (tertiary/aromatic N) is 1. The van der Waals surface area contributed by atoms with Crippen LogP contribution in [0.1, 0.15) is 39.5 Å². The molecular formula is C12H24N2O. The Morgan fingerprint density at radius 1 is 1.13 bits per heavy atom. The molecule has 1 heterocycles. The lowest BCUT2D eigenvalue weighted by Gasteiger charge is -2.40. The summed E-state index contributed by atoms with van der Waals surface area (Å²) >= 11 is 0. The first-order valence-electron chi connectivity index (χ1n) is 6.33. The zero-order valence-corrected chi connectivity index (χ0v) is 9.95. The topological polar surface area (TPSA) is 35.5 Å². The van der Waals surface area contributed by atoms with Gasteiger partial charge in [-0.15, -0.1) is 0 Å². The van der Waals surface area contributed by atoms with Crippen LogP contribution in [0.3, 0.4) is 0 Å². The molecule has 88 valence electrons. The molecule has 2 aliphatic rings. The number of piperidine rings is 1. The summed E-state index contributed by atoms with van der Waals surface area (Å²) in [7, 11) is 0. The Hall–Kier alpha value is -0.120. The monoisotopic (exact) mass is 212 g/mol. The average Bonchev–Trinajstić information content (AvgIpc) is 2.16. The van der Waals surface area contributed by atoms with Crippen LogP contribution in [0.25, 0.3) is 0 Å². The van der Waals surface area contributed by atoms with Crippen molar-refractivity contribution in [3.63, 3.8) is 0 Å². The Labute approximate surface area is 92.8 Å². The number of hydrogen-bond acceptors (Lipinski definition) is 3. The zero-order chi connectivity index (χ0) is 10.8. The highest BCUT2D eigenvalue weighted by Crippen LogP contribution is 2.22. The van der Waals surface area contributed by atoms with Gasteiger partial charge < -0.3 is 15.3 Å². The van der Waals surface area contributed by atoms with Crippen LogP contribution in [0.4, 0.5) is 0 Å². The van der Waals surface area contributed by atoms with Crippen molar-refractivity contribution in [2.24, 2.45) is 0 Å². The number of nitrogens with one attached hydrogen (secondary N) is 1. The van der Waals surface area contributed by atoms with E-state index in [1.807, 2.05) is 0 Å². The van der Waals surface area contributed by atoms with Crippen LogP contribution in [0, 0.1) is 0 Å². The average molecular weight is 212 g/mol. The third kappa shape index (κ3) is 2.92. The summed E-state index contributed by atoms with van der Waals surface area (Å²) in [4.78, 5) is 2.55. The molecule has 15 heavy (non-hydrogen) atoms. The molecule has 1 saturated heterocycles. The van der Waals surface area contributed by atoms with Gasteiger partial charge in [-0.1, -0.05) is 0 Å². The van der Waals surface area contributed by atoms with E-state index < -0.39 is 0 Å². The standard InChI is InChI=1S/C12H24N2O/c1-9(2)14-5-3-10(4-6-14)13-11-7-12(15)8-11/h9-13,15H,3-8H2,1-2H3. The maximum absolute atomic E-state index is 9.21. The molecule has 3 heteroatoms. The fourth-order valence-corrected chi connectivity index (χ4v) is 2.64. The van der Waals surface area contributed by atoms with Gasteiger partial charge in [0.2, 0.25) is 0 Å². The van der Waals surface area contributed by atoms with Crippen LogP contribution < -0.4 is 5.32 Å². The van der Waals surface area contributed by atoms with Gasteiger partial charge in [0.1, 0.15) is 0 Å². The number of likely N-dealkylation sites (tertiary alicyclic amines) is 1. The molecule has 2 fully saturated rings. The van der Waals surface area contributed by atoms with E-state index in [1.54, 1.807) is 0 Å². The Morgan fingerprint density at radius 2 is 1.73 bits per heavy atom.